The monoisotopic (exact) mass is 605 g/mol. The summed E-state index contributed by atoms with van der Waals surface area (Å²) < 4.78 is 19.8. The normalized spacial score (nSPS) is 9.31. The van der Waals surface area contributed by atoms with Crippen molar-refractivity contribution in [2.75, 3.05) is 0 Å². The largest absolute Gasteiger partial charge is 0.425 e. The van der Waals surface area contributed by atoms with Gasteiger partial charge in [-0.1, -0.05) is 0 Å². The molecule has 0 aliphatic carbocycles. The van der Waals surface area contributed by atoms with Gasteiger partial charge in [0.2, 0.25) is 0 Å². The second-order valence-corrected chi connectivity index (χ2v) is 6.19. The summed E-state index contributed by atoms with van der Waals surface area (Å²) in [7, 11) is 1.74. The molecule has 0 atom stereocenters. The summed E-state index contributed by atoms with van der Waals surface area (Å²) in [6.07, 6.45) is 16.2. The van der Waals surface area contributed by atoms with Gasteiger partial charge in [-0.15, -0.1) is 0 Å². The third-order valence-electron chi connectivity index (χ3n) is 3.80. The molecular formula is C20H23BN8O2Re-. The van der Waals surface area contributed by atoms with E-state index in [4.69, 9.17) is 9.07 Å². The fourth-order valence-electron chi connectivity index (χ4n) is 2.50. The van der Waals surface area contributed by atoms with Gasteiger partial charge in [0.25, 0.3) is 7.12 Å². The third kappa shape index (κ3) is 8.38. The maximum Gasteiger partial charge on any atom is 0.260 e. The molecule has 10 nitrogen and oxygen atoms in total. The van der Waals surface area contributed by atoms with Gasteiger partial charge in [0.05, 0.1) is 6.33 Å². The summed E-state index contributed by atoms with van der Waals surface area (Å²) in [5, 5.41) is 12.7. The van der Waals surface area contributed by atoms with Crippen LogP contribution in [0.3, 0.4) is 0 Å². The predicted octanol–water partition coefficient (Wildman–Crippen LogP) is 2.48. The Labute approximate surface area is 200 Å². The molecular weight excluding hydrogens is 581 g/mol. The molecule has 0 amide bonds. The first kappa shape index (κ1) is 26.6. The molecule has 32 heavy (non-hydrogen) atoms. The summed E-state index contributed by atoms with van der Waals surface area (Å²) in [6, 6.07) is 9.53. The van der Waals surface area contributed by atoms with E-state index in [0.29, 0.717) is 0 Å². The Balaban J connectivity index is 0.000000267. The average molecular weight is 604 g/mol. The number of rotatable bonds is 3. The number of furan rings is 1. The van der Waals surface area contributed by atoms with Crippen molar-refractivity contribution >= 4 is 7.12 Å². The van der Waals surface area contributed by atoms with Crippen molar-refractivity contribution in [3.63, 3.8) is 0 Å². The summed E-state index contributed by atoms with van der Waals surface area (Å²) in [5.74, 6) is 1.97. The molecule has 2 radical (unpaired) electrons. The molecule has 0 aliphatic rings. The van der Waals surface area contributed by atoms with Crippen LogP contribution in [0.4, 0.5) is 0 Å². The third-order valence-corrected chi connectivity index (χ3v) is 3.80. The maximum absolute atomic E-state index is 7.50. The molecule has 0 aromatic carbocycles. The van der Waals surface area contributed by atoms with Crippen molar-refractivity contribution in [1.82, 2.24) is 38.6 Å². The molecule has 12 heteroatoms. The Kier molecular flexibility index (Phi) is 12.1. The van der Waals surface area contributed by atoms with Crippen LogP contribution in [0.1, 0.15) is 11.5 Å². The maximum atomic E-state index is 7.50. The van der Waals surface area contributed by atoms with E-state index in [1.54, 1.807) is 44.9 Å². The van der Waals surface area contributed by atoms with E-state index >= 15 is 0 Å². The van der Waals surface area contributed by atoms with Crippen LogP contribution in [0.2, 0.25) is 0 Å². The van der Waals surface area contributed by atoms with Gasteiger partial charge in [-0.3, -0.25) is 0 Å². The minimum absolute atomic E-state index is 0. The fourth-order valence-corrected chi connectivity index (χ4v) is 2.50. The van der Waals surface area contributed by atoms with Crippen molar-refractivity contribution in [1.29, 1.82) is 0 Å². The molecule has 0 spiro atoms. The van der Waals surface area contributed by atoms with Gasteiger partial charge in [0.1, 0.15) is 11.5 Å². The fraction of sp³-hybridized carbons (Fsp3) is 0.150. The Morgan fingerprint density at radius 2 is 1.22 bits per heavy atom. The van der Waals surface area contributed by atoms with Gasteiger partial charge < -0.3 is 22.8 Å². The van der Waals surface area contributed by atoms with Gasteiger partial charge in [-0.25, -0.2) is 20.3 Å². The van der Waals surface area contributed by atoms with Gasteiger partial charge in [0, 0.05) is 58.5 Å². The molecule has 0 saturated carbocycles. The van der Waals surface area contributed by atoms with Crippen LogP contribution in [0, 0.1) is 20.5 Å². The first-order valence-electron chi connectivity index (χ1n) is 9.26. The van der Waals surface area contributed by atoms with Crippen molar-refractivity contribution in [2.24, 2.45) is 7.05 Å². The van der Waals surface area contributed by atoms with E-state index in [0.717, 1.165) is 11.5 Å². The molecule has 5 aromatic rings. The van der Waals surface area contributed by atoms with Crippen molar-refractivity contribution < 1.29 is 29.5 Å². The zero-order valence-corrected chi connectivity index (χ0v) is 20.6. The zero-order chi connectivity index (χ0) is 22.5. The van der Waals surface area contributed by atoms with E-state index in [1.807, 2.05) is 80.6 Å². The van der Waals surface area contributed by atoms with Crippen molar-refractivity contribution in [3.05, 3.63) is 104 Å². The quantitative estimate of drug-likeness (QED) is 0.179. The van der Waals surface area contributed by atoms with Crippen LogP contribution < -0.4 is 0 Å². The van der Waals surface area contributed by atoms with Crippen LogP contribution in [-0.4, -0.2) is 45.7 Å². The minimum atomic E-state index is -0.194. The van der Waals surface area contributed by atoms with Crippen LogP contribution >= 0.6 is 0 Å². The summed E-state index contributed by atoms with van der Waals surface area (Å²) in [5.41, 5.74) is 0. The molecule has 5 rings (SSSR count). The molecule has 5 aromatic heterocycles. The molecule has 166 valence electrons. The van der Waals surface area contributed by atoms with Gasteiger partial charge in [-0.2, -0.15) is 0 Å². The standard InChI is InChI=1S/C9H9BN6.C6H8O.C4H6N2.CO.Re/c1-4-11-14(7-1)10(15-8-2-5-12-15)16-9-3-6-13-16;1-5-3-4-6(2)7-5;1-6-3-2-5-4-6;1-2;/h1-9H;3-4H,1-2H3;2-4H,1H3;;/q-1;;;;. The van der Waals surface area contributed by atoms with Crippen LogP contribution in [0.5, 0.6) is 0 Å². The Morgan fingerprint density at radius 3 is 1.41 bits per heavy atom. The van der Waals surface area contributed by atoms with Crippen molar-refractivity contribution in [2.45, 2.75) is 13.8 Å². The first-order chi connectivity index (χ1) is 15.1. The number of aromatic nitrogens is 8. The van der Waals surface area contributed by atoms with Gasteiger partial charge in [0.15, 0.2) is 0 Å². The van der Waals surface area contributed by atoms with Gasteiger partial charge in [-0.05, 0) is 62.8 Å². The molecule has 0 unspecified atom stereocenters. The van der Waals surface area contributed by atoms with Crippen LogP contribution in [0.25, 0.3) is 0 Å². The van der Waals surface area contributed by atoms with Gasteiger partial charge >= 0.3 is 11.3 Å². The van der Waals surface area contributed by atoms with Crippen LogP contribution in [0.15, 0.2) is 90.7 Å². The van der Waals surface area contributed by atoms with E-state index in [2.05, 4.69) is 26.9 Å². The molecule has 0 saturated heterocycles. The number of hydrogen-bond acceptors (Lipinski definition) is 5. The van der Waals surface area contributed by atoms with E-state index in [9.17, 15) is 0 Å². The topological polar surface area (TPSA) is 104 Å². The smallest absolute Gasteiger partial charge is 0.260 e. The number of hydrogen-bond donors (Lipinski definition) is 0. The summed E-state index contributed by atoms with van der Waals surface area (Å²) in [6.45, 7) is 8.38. The summed E-state index contributed by atoms with van der Waals surface area (Å²) in [4.78, 5) is 3.78. The average Bonchev–Trinajstić information content (AvgIpc) is 3.60. The number of nitrogens with zero attached hydrogens (tertiary/aromatic N) is 8. The minimum Gasteiger partial charge on any atom is -0.425 e. The number of aryl methyl sites for hydroxylation is 3. The molecule has 0 aliphatic heterocycles. The molecule has 0 N–H and O–H groups in total. The Bertz CT molecular complexity index is 990. The predicted molar refractivity (Wildman–Crippen MR) is 114 cm³/mol. The Morgan fingerprint density at radius 1 is 0.781 bits per heavy atom. The Hall–Kier alpha value is -3.41. The van der Waals surface area contributed by atoms with E-state index in [1.165, 1.54) is 0 Å². The molecule has 0 bridgehead atoms. The number of imidazole rings is 1. The van der Waals surface area contributed by atoms with Crippen LogP contribution in [-0.2, 0) is 32.1 Å². The summed E-state index contributed by atoms with van der Waals surface area (Å²) >= 11 is 0. The SMILES string of the molecule is Cc1ccc(C)o1.Cn1ccnc1.[C-]#[O+].[Re].c1cnn([B-](n2cccn2)n2cccn2)c1. The second kappa shape index (κ2) is 14.6. The van der Waals surface area contributed by atoms with E-state index < -0.39 is 0 Å². The second-order valence-electron chi connectivity index (χ2n) is 6.19. The van der Waals surface area contributed by atoms with Crippen molar-refractivity contribution in [3.8, 4) is 0 Å². The first-order valence-corrected chi connectivity index (χ1v) is 9.26. The zero-order valence-electron chi connectivity index (χ0n) is 17.9. The molecule has 0 fully saturated rings. The van der Waals surface area contributed by atoms with E-state index in [-0.39, 0.29) is 27.5 Å². The molecule has 5 heterocycles.